The Hall–Kier alpha value is -3.29. The number of carboxylic acids is 1. The summed E-state index contributed by atoms with van der Waals surface area (Å²) in [6, 6.07) is 16.6. The average molecular weight is 449 g/mol. The van der Waals surface area contributed by atoms with Crippen molar-refractivity contribution in [2.45, 2.75) is 31.3 Å². The number of carboxylic acid groups (broad SMARTS) is 1. The quantitative estimate of drug-likeness (QED) is 0.424. The average Bonchev–Trinajstić information content (AvgIpc) is 3.31. The van der Waals surface area contributed by atoms with Crippen LogP contribution in [-0.4, -0.2) is 51.6 Å². The maximum absolute atomic E-state index is 13.2. The predicted octanol–water partition coefficient (Wildman–Crippen LogP) is 2.72. The van der Waals surface area contributed by atoms with E-state index in [9.17, 15) is 24.6 Å². The number of likely N-dealkylation sites (tertiary alicyclic amines) is 1. The maximum atomic E-state index is 13.2. The van der Waals surface area contributed by atoms with Crippen molar-refractivity contribution in [2.24, 2.45) is 11.8 Å². The van der Waals surface area contributed by atoms with E-state index in [-0.39, 0.29) is 12.5 Å². The Bertz CT molecular complexity index is 1070. The highest BCUT2D eigenvalue weighted by molar-refractivity contribution is 6.09. The number of rotatable bonds is 8. The number of aliphatic carboxylic acids is 1. The number of imide groups is 1. The number of benzene rings is 2. The third-order valence-electron chi connectivity index (χ3n) is 6.68. The van der Waals surface area contributed by atoms with E-state index < -0.39 is 41.9 Å². The van der Waals surface area contributed by atoms with Gasteiger partial charge >= 0.3 is 5.97 Å². The van der Waals surface area contributed by atoms with Crippen molar-refractivity contribution in [3.8, 4) is 0 Å². The SMILES string of the molecule is CCCCN1C(=O)C2C(c3ccc(C=Cc4ccccc4)cc3)NC(CO)(C(=O)O)C2C1=O. The third kappa shape index (κ3) is 3.98. The first-order valence-corrected chi connectivity index (χ1v) is 11.2. The maximum Gasteiger partial charge on any atom is 0.327 e. The molecule has 4 unspecified atom stereocenters. The smallest absolute Gasteiger partial charge is 0.327 e. The third-order valence-corrected chi connectivity index (χ3v) is 6.68. The van der Waals surface area contributed by atoms with Crippen LogP contribution in [0, 0.1) is 11.8 Å². The van der Waals surface area contributed by atoms with E-state index in [0.717, 1.165) is 17.5 Å². The molecule has 2 aliphatic rings. The molecular weight excluding hydrogens is 420 g/mol. The molecule has 0 aliphatic carbocycles. The fourth-order valence-corrected chi connectivity index (χ4v) is 4.87. The highest BCUT2D eigenvalue weighted by Gasteiger charge is 2.68. The number of carbonyl (C=O) groups excluding carboxylic acids is 2. The van der Waals surface area contributed by atoms with Crippen LogP contribution in [0.15, 0.2) is 54.6 Å². The molecule has 0 aromatic heterocycles. The molecule has 7 heteroatoms. The molecule has 2 amide bonds. The van der Waals surface area contributed by atoms with Gasteiger partial charge in [0, 0.05) is 12.6 Å². The number of unbranched alkanes of at least 4 members (excludes halogenated alkanes) is 1. The number of carbonyl (C=O) groups is 3. The Morgan fingerprint density at radius 3 is 2.24 bits per heavy atom. The highest BCUT2D eigenvalue weighted by Crippen LogP contribution is 2.48. The first-order chi connectivity index (χ1) is 15.9. The lowest BCUT2D eigenvalue weighted by Crippen LogP contribution is -2.58. The molecule has 4 atom stereocenters. The summed E-state index contributed by atoms with van der Waals surface area (Å²) in [6.07, 6.45) is 5.41. The first kappa shape index (κ1) is 22.9. The van der Waals surface area contributed by atoms with E-state index in [1.54, 1.807) is 0 Å². The molecule has 0 radical (unpaired) electrons. The van der Waals surface area contributed by atoms with Crippen LogP contribution in [0.3, 0.4) is 0 Å². The van der Waals surface area contributed by atoms with Crippen LogP contribution in [0.5, 0.6) is 0 Å². The number of aliphatic hydroxyl groups is 1. The lowest BCUT2D eigenvalue weighted by molar-refractivity contribution is -0.153. The van der Waals surface area contributed by atoms with Gasteiger partial charge in [-0.25, -0.2) is 0 Å². The summed E-state index contributed by atoms with van der Waals surface area (Å²) >= 11 is 0. The molecule has 2 aromatic carbocycles. The Labute approximate surface area is 192 Å². The molecular formula is C26H28N2O5. The van der Waals surface area contributed by atoms with Gasteiger partial charge in [-0.1, -0.05) is 80.1 Å². The number of aliphatic hydroxyl groups excluding tert-OH is 1. The second-order valence-corrected chi connectivity index (χ2v) is 8.65. The van der Waals surface area contributed by atoms with Crippen LogP contribution in [0.1, 0.15) is 42.5 Å². The van der Waals surface area contributed by atoms with Gasteiger partial charge in [-0.05, 0) is 23.1 Å². The van der Waals surface area contributed by atoms with Gasteiger partial charge < -0.3 is 10.2 Å². The van der Waals surface area contributed by atoms with Gasteiger partial charge in [-0.2, -0.15) is 0 Å². The summed E-state index contributed by atoms with van der Waals surface area (Å²) in [5.41, 5.74) is 0.826. The van der Waals surface area contributed by atoms with Crippen molar-refractivity contribution < 1.29 is 24.6 Å². The summed E-state index contributed by atoms with van der Waals surface area (Å²) in [5, 5.41) is 23.0. The molecule has 0 bridgehead atoms. The fraction of sp³-hybridized carbons (Fsp3) is 0.346. The van der Waals surface area contributed by atoms with Crippen molar-refractivity contribution in [3.63, 3.8) is 0 Å². The Balaban J connectivity index is 1.64. The zero-order chi connectivity index (χ0) is 23.6. The molecule has 172 valence electrons. The molecule has 2 fully saturated rings. The molecule has 4 rings (SSSR count). The predicted molar refractivity (Wildman–Crippen MR) is 124 cm³/mol. The fourth-order valence-electron chi connectivity index (χ4n) is 4.87. The zero-order valence-corrected chi connectivity index (χ0v) is 18.5. The van der Waals surface area contributed by atoms with Crippen LogP contribution in [0.25, 0.3) is 12.2 Å². The lowest BCUT2D eigenvalue weighted by atomic mass is 9.79. The molecule has 7 nitrogen and oxygen atoms in total. The van der Waals surface area contributed by atoms with E-state index in [4.69, 9.17) is 0 Å². The summed E-state index contributed by atoms with van der Waals surface area (Å²) in [5.74, 6) is -4.24. The van der Waals surface area contributed by atoms with Crippen LogP contribution >= 0.6 is 0 Å². The van der Waals surface area contributed by atoms with E-state index in [1.807, 2.05) is 73.7 Å². The van der Waals surface area contributed by atoms with E-state index in [2.05, 4.69) is 5.32 Å². The highest BCUT2D eigenvalue weighted by atomic mass is 16.4. The standard InChI is InChI=1S/C26H28N2O5/c1-2-3-15-28-23(30)20-21(24(28)31)26(16-29,25(32)33)27-22(20)19-13-11-18(12-14-19)10-9-17-7-5-4-6-8-17/h4-14,20-22,27,29H,2-3,15-16H2,1H3,(H,32,33). The van der Waals surface area contributed by atoms with Gasteiger partial charge in [0.2, 0.25) is 11.8 Å². The van der Waals surface area contributed by atoms with Gasteiger partial charge in [0.25, 0.3) is 0 Å². The van der Waals surface area contributed by atoms with Gasteiger partial charge in [0.05, 0.1) is 18.4 Å². The summed E-state index contributed by atoms with van der Waals surface area (Å²) < 4.78 is 0. The molecule has 2 aliphatic heterocycles. The monoisotopic (exact) mass is 448 g/mol. The minimum atomic E-state index is -1.89. The number of fused-ring (bicyclic) bond motifs is 1. The Morgan fingerprint density at radius 2 is 1.67 bits per heavy atom. The topological polar surface area (TPSA) is 107 Å². The number of hydrogen-bond acceptors (Lipinski definition) is 5. The molecule has 0 saturated carbocycles. The normalized spacial score (nSPS) is 26.8. The van der Waals surface area contributed by atoms with Crippen molar-refractivity contribution in [1.82, 2.24) is 10.2 Å². The molecule has 0 spiro atoms. The summed E-state index contributed by atoms with van der Waals surface area (Å²) in [7, 11) is 0. The number of nitrogens with one attached hydrogen (secondary N) is 1. The summed E-state index contributed by atoms with van der Waals surface area (Å²) in [4.78, 5) is 39.7. The number of amides is 2. The van der Waals surface area contributed by atoms with Crippen LogP contribution < -0.4 is 5.32 Å². The minimum absolute atomic E-state index is 0.262. The zero-order valence-electron chi connectivity index (χ0n) is 18.5. The Morgan fingerprint density at radius 1 is 1.03 bits per heavy atom. The van der Waals surface area contributed by atoms with Crippen molar-refractivity contribution >= 4 is 29.9 Å². The van der Waals surface area contributed by atoms with Gasteiger partial charge in [-0.3, -0.25) is 24.6 Å². The first-order valence-electron chi connectivity index (χ1n) is 11.2. The van der Waals surface area contributed by atoms with E-state index in [0.29, 0.717) is 12.0 Å². The largest absolute Gasteiger partial charge is 0.480 e. The van der Waals surface area contributed by atoms with Crippen molar-refractivity contribution in [2.75, 3.05) is 13.2 Å². The van der Waals surface area contributed by atoms with Crippen LogP contribution in [0.4, 0.5) is 0 Å². The minimum Gasteiger partial charge on any atom is -0.480 e. The van der Waals surface area contributed by atoms with E-state index >= 15 is 0 Å². The van der Waals surface area contributed by atoms with Gasteiger partial charge in [0.1, 0.15) is 0 Å². The second-order valence-electron chi connectivity index (χ2n) is 8.65. The lowest BCUT2D eigenvalue weighted by Gasteiger charge is -2.29. The molecule has 3 N–H and O–H groups in total. The molecule has 2 aromatic rings. The van der Waals surface area contributed by atoms with Crippen molar-refractivity contribution in [1.29, 1.82) is 0 Å². The molecule has 33 heavy (non-hydrogen) atoms. The van der Waals surface area contributed by atoms with Crippen molar-refractivity contribution in [3.05, 3.63) is 71.3 Å². The second kappa shape index (κ2) is 9.29. The van der Waals surface area contributed by atoms with Gasteiger partial charge in [-0.15, -0.1) is 0 Å². The number of nitrogens with zero attached hydrogens (tertiary/aromatic N) is 1. The molecule has 2 saturated heterocycles. The number of hydrogen-bond donors (Lipinski definition) is 3. The Kier molecular flexibility index (Phi) is 6.44. The van der Waals surface area contributed by atoms with Crippen LogP contribution in [0.2, 0.25) is 0 Å². The van der Waals surface area contributed by atoms with Crippen LogP contribution in [-0.2, 0) is 14.4 Å². The molecule has 2 heterocycles. The summed E-state index contributed by atoms with van der Waals surface area (Å²) in [6.45, 7) is 1.44. The van der Waals surface area contributed by atoms with E-state index in [1.165, 1.54) is 4.90 Å². The van der Waals surface area contributed by atoms with Gasteiger partial charge in [0.15, 0.2) is 5.54 Å².